The van der Waals surface area contributed by atoms with Gasteiger partial charge in [-0.2, -0.15) is 0 Å². The zero-order chi connectivity index (χ0) is 10.7. The van der Waals surface area contributed by atoms with Crippen LogP contribution in [0.25, 0.3) is 0 Å². The summed E-state index contributed by atoms with van der Waals surface area (Å²) in [5.74, 6) is -0.869. The molecule has 3 heteroatoms. The molecule has 1 aromatic rings. The topological polar surface area (TPSA) is 37.3 Å². The summed E-state index contributed by atoms with van der Waals surface area (Å²) in [5.41, 5.74) is 0.911. The van der Waals surface area contributed by atoms with Crippen LogP contribution in [0.4, 0.5) is 4.39 Å². The lowest BCUT2D eigenvalue weighted by molar-refractivity contribution is 0.0740. The summed E-state index contributed by atoms with van der Waals surface area (Å²) in [5, 5.41) is 9.29. The lowest BCUT2D eigenvalue weighted by Crippen LogP contribution is -2.19. The molecular weight excluding hydrogens is 183 g/mol. The lowest BCUT2D eigenvalue weighted by Gasteiger charge is -2.07. The van der Waals surface area contributed by atoms with Crippen LogP contribution < -0.4 is 0 Å². The highest BCUT2D eigenvalue weighted by molar-refractivity contribution is 5.99. The predicted octanol–water partition coefficient (Wildman–Crippen LogP) is 2.09. The van der Waals surface area contributed by atoms with Crippen LogP contribution in [0.2, 0.25) is 0 Å². The van der Waals surface area contributed by atoms with Gasteiger partial charge in [-0.3, -0.25) is 4.79 Å². The number of halogens is 1. The van der Waals surface area contributed by atoms with Crippen molar-refractivity contribution in [1.82, 2.24) is 0 Å². The first-order chi connectivity index (χ1) is 6.54. The molecule has 0 aromatic heterocycles. The summed E-state index contributed by atoms with van der Waals surface area (Å²) >= 11 is 0. The van der Waals surface area contributed by atoms with Crippen molar-refractivity contribution in [3.8, 4) is 0 Å². The summed E-state index contributed by atoms with van der Waals surface area (Å²) in [6.45, 7) is 3.41. The van der Waals surface area contributed by atoms with Crippen LogP contribution in [-0.4, -0.2) is 17.0 Å². The normalized spacial score (nSPS) is 12.6. The molecule has 0 fully saturated rings. The smallest absolute Gasteiger partial charge is 0.191 e. The molecular formula is C11H13FO2. The highest BCUT2D eigenvalue weighted by Gasteiger charge is 2.15. The number of benzene rings is 1. The molecule has 0 aliphatic heterocycles. The number of ketones is 1. The Morgan fingerprint density at radius 3 is 2.64 bits per heavy atom. The maximum atomic E-state index is 12.9. The zero-order valence-electron chi connectivity index (χ0n) is 8.25. The third-order valence-corrected chi connectivity index (χ3v) is 2.02. The molecule has 0 aliphatic carbocycles. The molecule has 0 spiro atoms. The maximum Gasteiger partial charge on any atom is 0.191 e. The van der Waals surface area contributed by atoms with Crippen LogP contribution >= 0.6 is 0 Å². The Balaban J connectivity index is 3.01. The van der Waals surface area contributed by atoms with E-state index in [4.69, 9.17) is 0 Å². The van der Waals surface area contributed by atoms with E-state index in [9.17, 15) is 14.3 Å². The van der Waals surface area contributed by atoms with Crippen molar-refractivity contribution in [3.63, 3.8) is 0 Å². The Hall–Kier alpha value is -1.22. The molecule has 0 aliphatic rings. The summed E-state index contributed by atoms with van der Waals surface area (Å²) in [4.78, 5) is 11.5. The van der Waals surface area contributed by atoms with Crippen LogP contribution in [0.3, 0.4) is 0 Å². The molecule has 1 rings (SSSR count). The van der Waals surface area contributed by atoms with Gasteiger partial charge in [-0.25, -0.2) is 4.39 Å². The molecule has 0 bridgehead atoms. The Morgan fingerprint density at radius 1 is 1.50 bits per heavy atom. The quantitative estimate of drug-likeness (QED) is 0.751. The van der Waals surface area contributed by atoms with Gasteiger partial charge in [0, 0.05) is 5.56 Å². The number of aryl methyl sites for hydroxylation is 1. The van der Waals surface area contributed by atoms with Gasteiger partial charge in [0.15, 0.2) is 5.78 Å². The Labute approximate surface area is 82.4 Å². The Bertz CT molecular complexity index is 327. The van der Waals surface area contributed by atoms with Crippen LogP contribution in [0, 0.1) is 12.7 Å². The fourth-order valence-electron chi connectivity index (χ4n) is 1.26. The van der Waals surface area contributed by atoms with Gasteiger partial charge in [0.05, 0.1) is 0 Å². The largest absolute Gasteiger partial charge is 0.385 e. The van der Waals surface area contributed by atoms with E-state index >= 15 is 0 Å². The van der Waals surface area contributed by atoms with Gasteiger partial charge in [-0.15, -0.1) is 0 Å². The van der Waals surface area contributed by atoms with Gasteiger partial charge >= 0.3 is 0 Å². The molecule has 0 radical (unpaired) electrons. The third kappa shape index (κ3) is 2.39. The molecule has 2 nitrogen and oxygen atoms in total. The molecule has 1 unspecified atom stereocenters. The maximum absolute atomic E-state index is 12.9. The SMILES string of the molecule is CCC(O)C(=O)c1cc(C)cc(F)c1. The second kappa shape index (κ2) is 4.33. The monoisotopic (exact) mass is 196 g/mol. The van der Waals surface area contributed by atoms with E-state index in [1.807, 2.05) is 0 Å². The minimum Gasteiger partial charge on any atom is -0.385 e. The number of carbonyl (C=O) groups is 1. The van der Waals surface area contributed by atoms with Gasteiger partial charge in [-0.05, 0) is 37.1 Å². The van der Waals surface area contributed by atoms with E-state index in [1.165, 1.54) is 6.07 Å². The van der Waals surface area contributed by atoms with Gasteiger partial charge in [0.1, 0.15) is 11.9 Å². The number of aliphatic hydroxyl groups is 1. The fraction of sp³-hybridized carbons (Fsp3) is 0.364. The molecule has 0 saturated carbocycles. The van der Waals surface area contributed by atoms with Crippen molar-refractivity contribution in [2.24, 2.45) is 0 Å². The van der Waals surface area contributed by atoms with Crippen molar-refractivity contribution in [2.75, 3.05) is 0 Å². The third-order valence-electron chi connectivity index (χ3n) is 2.02. The van der Waals surface area contributed by atoms with Crippen molar-refractivity contribution in [1.29, 1.82) is 0 Å². The van der Waals surface area contributed by atoms with E-state index in [0.29, 0.717) is 12.0 Å². The summed E-state index contributed by atoms with van der Waals surface area (Å²) < 4.78 is 12.9. The first-order valence-electron chi connectivity index (χ1n) is 4.54. The number of carbonyl (C=O) groups excluding carboxylic acids is 1. The highest BCUT2D eigenvalue weighted by atomic mass is 19.1. The molecule has 1 aromatic carbocycles. The van der Waals surface area contributed by atoms with Crippen LogP contribution in [0.15, 0.2) is 18.2 Å². The van der Waals surface area contributed by atoms with E-state index in [-0.39, 0.29) is 5.56 Å². The lowest BCUT2D eigenvalue weighted by atomic mass is 10.0. The predicted molar refractivity (Wildman–Crippen MR) is 51.8 cm³/mol. The van der Waals surface area contributed by atoms with E-state index < -0.39 is 17.7 Å². The van der Waals surface area contributed by atoms with E-state index in [0.717, 1.165) is 6.07 Å². The second-order valence-electron chi connectivity index (χ2n) is 3.31. The minimum absolute atomic E-state index is 0.233. The molecule has 0 saturated heterocycles. The zero-order valence-corrected chi connectivity index (χ0v) is 8.25. The van der Waals surface area contributed by atoms with Crippen molar-refractivity contribution >= 4 is 5.78 Å². The van der Waals surface area contributed by atoms with Crippen LogP contribution in [-0.2, 0) is 0 Å². The van der Waals surface area contributed by atoms with Crippen LogP contribution in [0.1, 0.15) is 29.3 Å². The fourth-order valence-corrected chi connectivity index (χ4v) is 1.26. The van der Waals surface area contributed by atoms with Gasteiger partial charge in [0.25, 0.3) is 0 Å². The first kappa shape index (κ1) is 10.9. The molecule has 0 heterocycles. The van der Waals surface area contributed by atoms with Gasteiger partial charge in [0.2, 0.25) is 0 Å². The van der Waals surface area contributed by atoms with Gasteiger partial charge < -0.3 is 5.11 Å². The summed E-state index contributed by atoms with van der Waals surface area (Å²) in [7, 11) is 0. The average Bonchev–Trinajstić information content (AvgIpc) is 2.14. The van der Waals surface area contributed by atoms with Crippen molar-refractivity contribution in [2.45, 2.75) is 26.4 Å². The van der Waals surface area contributed by atoms with Crippen molar-refractivity contribution < 1.29 is 14.3 Å². The van der Waals surface area contributed by atoms with E-state index in [1.54, 1.807) is 19.9 Å². The van der Waals surface area contributed by atoms with Crippen LogP contribution in [0.5, 0.6) is 0 Å². The minimum atomic E-state index is -1.03. The Morgan fingerprint density at radius 2 is 2.14 bits per heavy atom. The molecule has 1 N–H and O–H groups in total. The molecule has 1 atom stereocenters. The Kier molecular flexibility index (Phi) is 3.36. The van der Waals surface area contributed by atoms with E-state index in [2.05, 4.69) is 0 Å². The summed E-state index contributed by atoms with van der Waals surface area (Å²) in [6.07, 6.45) is -0.690. The number of aliphatic hydroxyl groups excluding tert-OH is 1. The molecule has 0 amide bonds. The first-order valence-corrected chi connectivity index (χ1v) is 4.54. The molecule has 14 heavy (non-hydrogen) atoms. The number of Topliss-reactive ketones (excluding diaryl/α,β-unsaturated/α-hetero) is 1. The number of hydrogen-bond donors (Lipinski definition) is 1. The average molecular weight is 196 g/mol. The summed E-state index contributed by atoms with van der Waals surface area (Å²) in [6, 6.07) is 4.06. The van der Waals surface area contributed by atoms with Crippen molar-refractivity contribution in [3.05, 3.63) is 35.1 Å². The highest BCUT2D eigenvalue weighted by Crippen LogP contribution is 2.11. The molecule has 76 valence electrons. The second-order valence-corrected chi connectivity index (χ2v) is 3.31. The number of rotatable bonds is 3. The standard InChI is InChI=1S/C11H13FO2/c1-3-10(13)11(14)8-4-7(2)5-9(12)6-8/h4-6,10,13H,3H2,1-2H3. The van der Waals surface area contributed by atoms with Gasteiger partial charge in [-0.1, -0.05) is 6.92 Å². The number of hydrogen-bond acceptors (Lipinski definition) is 2.